The molecule has 5 heteroatoms. The SMILES string of the molecule is CCC(CC)(NC(=O)CC1(CN)CCCCC1)C(N)=O. The van der Waals surface area contributed by atoms with E-state index in [1.54, 1.807) is 0 Å². The minimum absolute atomic E-state index is 0.0901. The number of hydrogen-bond donors (Lipinski definition) is 3. The average molecular weight is 283 g/mol. The highest BCUT2D eigenvalue weighted by Gasteiger charge is 2.38. The number of amides is 2. The molecule has 5 nitrogen and oxygen atoms in total. The Balaban J connectivity index is 2.72. The third-order valence-corrected chi connectivity index (χ3v) is 4.94. The van der Waals surface area contributed by atoms with Crippen molar-refractivity contribution in [2.75, 3.05) is 6.54 Å². The molecular formula is C15H29N3O2. The van der Waals surface area contributed by atoms with Gasteiger partial charge in [0.1, 0.15) is 5.54 Å². The van der Waals surface area contributed by atoms with Gasteiger partial charge in [0.15, 0.2) is 0 Å². The summed E-state index contributed by atoms with van der Waals surface area (Å²) in [6.45, 7) is 4.27. The summed E-state index contributed by atoms with van der Waals surface area (Å²) in [4.78, 5) is 24.0. The van der Waals surface area contributed by atoms with E-state index in [4.69, 9.17) is 11.5 Å². The fourth-order valence-electron chi connectivity index (χ4n) is 3.24. The van der Waals surface area contributed by atoms with Crippen molar-refractivity contribution >= 4 is 11.8 Å². The molecule has 1 saturated carbocycles. The van der Waals surface area contributed by atoms with Crippen LogP contribution >= 0.6 is 0 Å². The predicted octanol–water partition coefficient (Wildman–Crippen LogP) is 1.45. The molecule has 0 spiro atoms. The molecule has 0 heterocycles. The largest absolute Gasteiger partial charge is 0.368 e. The molecule has 0 aromatic carbocycles. The maximum atomic E-state index is 12.3. The van der Waals surface area contributed by atoms with Crippen LogP contribution in [0.5, 0.6) is 0 Å². The summed E-state index contributed by atoms with van der Waals surface area (Å²) in [5, 5.41) is 2.87. The first-order chi connectivity index (χ1) is 9.43. The standard InChI is InChI=1S/C15H29N3O2/c1-3-15(4-2,13(17)20)18-12(19)10-14(11-16)8-6-5-7-9-14/h3-11,16H2,1-2H3,(H2,17,20)(H,18,19). The van der Waals surface area contributed by atoms with E-state index in [2.05, 4.69) is 5.32 Å². The van der Waals surface area contributed by atoms with Gasteiger partial charge in [0.2, 0.25) is 11.8 Å². The van der Waals surface area contributed by atoms with Crippen molar-refractivity contribution in [2.24, 2.45) is 16.9 Å². The number of nitrogens with one attached hydrogen (secondary N) is 1. The van der Waals surface area contributed by atoms with Crippen molar-refractivity contribution in [3.05, 3.63) is 0 Å². The van der Waals surface area contributed by atoms with E-state index in [1.165, 1.54) is 6.42 Å². The molecule has 1 aliphatic carbocycles. The average Bonchev–Trinajstić information content (AvgIpc) is 2.45. The lowest BCUT2D eigenvalue weighted by Gasteiger charge is -2.37. The van der Waals surface area contributed by atoms with Crippen molar-refractivity contribution in [1.82, 2.24) is 5.32 Å². The Morgan fingerprint density at radius 3 is 2.10 bits per heavy atom. The molecule has 5 N–H and O–H groups in total. The lowest BCUT2D eigenvalue weighted by atomic mass is 9.71. The van der Waals surface area contributed by atoms with E-state index in [9.17, 15) is 9.59 Å². The predicted molar refractivity (Wildman–Crippen MR) is 79.8 cm³/mol. The van der Waals surface area contributed by atoms with Gasteiger partial charge >= 0.3 is 0 Å². The smallest absolute Gasteiger partial charge is 0.243 e. The van der Waals surface area contributed by atoms with Gasteiger partial charge < -0.3 is 16.8 Å². The second kappa shape index (κ2) is 7.07. The fourth-order valence-corrected chi connectivity index (χ4v) is 3.24. The zero-order valence-electron chi connectivity index (χ0n) is 12.8. The normalized spacial score (nSPS) is 18.6. The zero-order chi connectivity index (χ0) is 15.2. The number of primary amides is 1. The van der Waals surface area contributed by atoms with Gasteiger partial charge in [-0.25, -0.2) is 0 Å². The van der Waals surface area contributed by atoms with E-state index < -0.39 is 11.4 Å². The second-order valence-electron chi connectivity index (χ2n) is 6.14. The van der Waals surface area contributed by atoms with E-state index >= 15 is 0 Å². The second-order valence-corrected chi connectivity index (χ2v) is 6.14. The van der Waals surface area contributed by atoms with Gasteiger partial charge in [0.05, 0.1) is 0 Å². The highest BCUT2D eigenvalue weighted by molar-refractivity contribution is 5.90. The number of rotatable bonds is 7. The topological polar surface area (TPSA) is 98.2 Å². The van der Waals surface area contributed by atoms with E-state index in [0.29, 0.717) is 25.8 Å². The number of carbonyl (C=O) groups is 2. The molecule has 0 aromatic rings. The first kappa shape index (κ1) is 17.0. The summed E-state index contributed by atoms with van der Waals surface area (Å²) in [6.07, 6.45) is 6.91. The van der Waals surface area contributed by atoms with Gasteiger partial charge in [-0.15, -0.1) is 0 Å². The van der Waals surface area contributed by atoms with Crippen LogP contribution in [0.2, 0.25) is 0 Å². The van der Waals surface area contributed by atoms with Crippen LogP contribution in [0.4, 0.5) is 0 Å². The summed E-state index contributed by atoms with van der Waals surface area (Å²) in [5.74, 6) is -0.554. The molecule has 2 amide bonds. The summed E-state index contributed by atoms with van der Waals surface area (Å²) in [6, 6.07) is 0. The highest BCUT2D eigenvalue weighted by atomic mass is 16.2. The van der Waals surface area contributed by atoms with Crippen LogP contribution in [0.1, 0.15) is 65.2 Å². The van der Waals surface area contributed by atoms with Crippen LogP contribution in [0.3, 0.4) is 0 Å². The fraction of sp³-hybridized carbons (Fsp3) is 0.867. The maximum Gasteiger partial charge on any atom is 0.243 e. The van der Waals surface area contributed by atoms with Gasteiger partial charge in [-0.2, -0.15) is 0 Å². The quantitative estimate of drug-likeness (QED) is 0.659. The molecule has 0 atom stereocenters. The van der Waals surface area contributed by atoms with Crippen LogP contribution in [-0.2, 0) is 9.59 Å². The Morgan fingerprint density at radius 1 is 1.15 bits per heavy atom. The van der Waals surface area contributed by atoms with Crippen LogP contribution < -0.4 is 16.8 Å². The third-order valence-electron chi connectivity index (χ3n) is 4.94. The Morgan fingerprint density at radius 2 is 1.70 bits per heavy atom. The maximum absolute atomic E-state index is 12.3. The third kappa shape index (κ3) is 3.72. The summed E-state index contributed by atoms with van der Waals surface area (Å²) < 4.78 is 0. The molecular weight excluding hydrogens is 254 g/mol. The molecule has 0 radical (unpaired) electrons. The van der Waals surface area contributed by atoms with E-state index in [0.717, 1.165) is 25.7 Å². The Hall–Kier alpha value is -1.10. The zero-order valence-corrected chi connectivity index (χ0v) is 12.8. The summed E-state index contributed by atoms with van der Waals surface area (Å²) >= 11 is 0. The van der Waals surface area contributed by atoms with Crippen molar-refractivity contribution in [3.8, 4) is 0 Å². The summed E-state index contributed by atoms with van der Waals surface area (Å²) in [5.41, 5.74) is 10.4. The van der Waals surface area contributed by atoms with Gasteiger partial charge in [0, 0.05) is 6.42 Å². The summed E-state index contributed by atoms with van der Waals surface area (Å²) in [7, 11) is 0. The Kier molecular flexibility index (Phi) is 5.99. The van der Waals surface area contributed by atoms with Crippen LogP contribution in [0.15, 0.2) is 0 Å². The molecule has 1 aliphatic rings. The van der Waals surface area contributed by atoms with Gasteiger partial charge in [-0.05, 0) is 37.6 Å². The van der Waals surface area contributed by atoms with Crippen molar-refractivity contribution in [3.63, 3.8) is 0 Å². The Labute approximate surface area is 121 Å². The minimum atomic E-state index is -0.915. The molecule has 1 rings (SSSR count). The van der Waals surface area contributed by atoms with Crippen LogP contribution in [0.25, 0.3) is 0 Å². The molecule has 116 valence electrons. The molecule has 0 aliphatic heterocycles. The molecule has 0 aromatic heterocycles. The van der Waals surface area contributed by atoms with Gasteiger partial charge in [0.25, 0.3) is 0 Å². The lowest BCUT2D eigenvalue weighted by Crippen LogP contribution is -2.57. The highest BCUT2D eigenvalue weighted by Crippen LogP contribution is 2.38. The Bertz CT molecular complexity index is 345. The van der Waals surface area contributed by atoms with Crippen LogP contribution in [-0.4, -0.2) is 23.9 Å². The lowest BCUT2D eigenvalue weighted by molar-refractivity contribution is -0.133. The minimum Gasteiger partial charge on any atom is -0.368 e. The van der Waals surface area contributed by atoms with Crippen LogP contribution in [0, 0.1) is 5.41 Å². The number of nitrogens with two attached hydrogens (primary N) is 2. The van der Waals surface area contributed by atoms with E-state index in [1.807, 2.05) is 13.8 Å². The molecule has 1 fully saturated rings. The number of hydrogen-bond acceptors (Lipinski definition) is 3. The van der Waals surface area contributed by atoms with Gasteiger partial charge in [-0.3, -0.25) is 9.59 Å². The molecule has 0 saturated heterocycles. The molecule has 20 heavy (non-hydrogen) atoms. The number of carbonyl (C=O) groups excluding carboxylic acids is 2. The van der Waals surface area contributed by atoms with Crippen molar-refractivity contribution in [1.29, 1.82) is 0 Å². The van der Waals surface area contributed by atoms with Crippen molar-refractivity contribution < 1.29 is 9.59 Å². The first-order valence-corrected chi connectivity index (χ1v) is 7.74. The molecule has 0 unspecified atom stereocenters. The van der Waals surface area contributed by atoms with Crippen molar-refractivity contribution in [2.45, 2.75) is 70.8 Å². The monoisotopic (exact) mass is 283 g/mol. The first-order valence-electron chi connectivity index (χ1n) is 7.74. The van der Waals surface area contributed by atoms with E-state index in [-0.39, 0.29) is 11.3 Å². The molecule has 0 bridgehead atoms. The van der Waals surface area contributed by atoms with Gasteiger partial charge in [-0.1, -0.05) is 33.1 Å².